The van der Waals surface area contributed by atoms with Crippen LogP contribution in [0, 0.1) is 13.8 Å². The quantitative estimate of drug-likeness (QED) is 0.631. The van der Waals surface area contributed by atoms with E-state index in [2.05, 4.69) is 13.0 Å². The lowest BCUT2D eigenvalue weighted by molar-refractivity contribution is -0.678. The van der Waals surface area contributed by atoms with Gasteiger partial charge in [-0.3, -0.25) is 0 Å². The third-order valence-corrected chi connectivity index (χ3v) is 3.59. The van der Waals surface area contributed by atoms with E-state index in [0.29, 0.717) is 19.0 Å². The molecular weight excluding hydrogens is 278 g/mol. The molecule has 1 aromatic carbocycles. The zero-order valence-corrected chi connectivity index (χ0v) is 13.5. The molecule has 0 atom stereocenters. The standard InChI is InChI=1S/C18H23NO3/c1-14-7-6-8-16(13-14)21-11-4-5-12-22-18-15(2)19(3)10-9-17(18)20/h6-10,13H,4-5,11-12H2,1-3H3/p+1. The monoisotopic (exact) mass is 302 g/mol. The molecule has 1 heterocycles. The van der Waals surface area contributed by atoms with E-state index in [1.54, 1.807) is 6.07 Å². The van der Waals surface area contributed by atoms with Crippen molar-refractivity contribution >= 4 is 0 Å². The molecule has 0 amide bonds. The summed E-state index contributed by atoms with van der Waals surface area (Å²) >= 11 is 0. The van der Waals surface area contributed by atoms with Gasteiger partial charge in [-0.05, 0) is 37.5 Å². The summed E-state index contributed by atoms with van der Waals surface area (Å²) in [5.74, 6) is 1.65. The summed E-state index contributed by atoms with van der Waals surface area (Å²) in [6.07, 6.45) is 3.60. The van der Waals surface area contributed by atoms with Crippen molar-refractivity contribution in [2.24, 2.45) is 7.05 Å². The first-order chi connectivity index (χ1) is 10.6. The van der Waals surface area contributed by atoms with Gasteiger partial charge in [0.1, 0.15) is 12.8 Å². The van der Waals surface area contributed by atoms with Crippen LogP contribution in [0.5, 0.6) is 17.2 Å². The maximum atomic E-state index is 9.83. The number of nitrogens with zero attached hydrogens (tertiary/aromatic N) is 1. The second-order valence-corrected chi connectivity index (χ2v) is 5.45. The highest BCUT2D eigenvalue weighted by Crippen LogP contribution is 2.26. The van der Waals surface area contributed by atoms with Crippen LogP contribution in [0.2, 0.25) is 0 Å². The number of aryl methyl sites for hydroxylation is 2. The number of ether oxygens (including phenoxy) is 2. The lowest BCUT2D eigenvalue weighted by Crippen LogP contribution is -2.31. The molecule has 0 bridgehead atoms. The molecular formula is C18H24NO3+. The zero-order chi connectivity index (χ0) is 15.9. The van der Waals surface area contributed by atoms with Gasteiger partial charge >= 0.3 is 0 Å². The van der Waals surface area contributed by atoms with Gasteiger partial charge in [-0.2, -0.15) is 0 Å². The number of unbranched alkanes of at least 4 members (excludes halogenated alkanes) is 1. The summed E-state index contributed by atoms with van der Waals surface area (Å²) in [5.41, 5.74) is 2.11. The number of pyridine rings is 1. The minimum Gasteiger partial charge on any atom is -0.504 e. The van der Waals surface area contributed by atoms with Crippen LogP contribution in [0.1, 0.15) is 24.1 Å². The van der Waals surface area contributed by atoms with Crippen LogP contribution in [0.4, 0.5) is 0 Å². The highest BCUT2D eigenvalue weighted by Gasteiger charge is 2.14. The Balaban J connectivity index is 1.71. The Labute approximate surface area is 131 Å². The van der Waals surface area contributed by atoms with Gasteiger partial charge in [0.25, 0.3) is 0 Å². The van der Waals surface area contributed by atoms with Gasteiger partial charge in [-0.25, -0.2) is 4.57 Å². The molecule has 1 aromatic heterocycles. The average molecular weight is 302 g/mol. The molecule has 0 aliphatic rings. The van der Waals surface area contributed by atoms with E-state index in [1.807, 2.05) is 42.9 Å². The number of aromatic nitrogens is 1. The Kier molecular flexibility index (Phi) is 5.64. The Morgan fingerprint density at radius 1 is 1.05 bits per heavy atom. The van der Waals surface area contributed by atoms with Crippen molar-refractivity contribution in [2.45, 2.75) is 26.7 Å². The number of hydrogen-bond acceptors (Lipinski definition) is 3. The van der Waals surface area contributed by atoms with E-state index < -0.39 is 0 Å². The summed E-state index contributed by atoms with van der Waals surface area (Å²) < 4.78 is 13.3. The molecule has 1 N–H and O–H groups in total. The van der Waals surface area contributed by atoms with Crippen LogP contribution in [0.15, 0.2) is 36.5 Å². The van der Waals surface area contributed by atoms with Gasteiger partial charge in [-0.15, -0.1) is 0 Å². The predicted molar refractivity (Wildman–Crippen MR) is 85.4 cm³/mol. The normalized spacial score (nSPS) is 10.5. The first-order valence-corrected chi connectivity index (χ1v) is 7.58. The van der Waals surface area contributed by atoms with Gasteiger partial charge in [0.15, 0.2) is 11.9 Å². The Bertz CT molecular complexity index is 626. The van der Waals surface area contributed by atoms with Gasteiger partial charge in [0.05, 0.1) is 13.2 Å². The Hall–Kier alpha value is -2.23. The van der Waals surface area contributed by atoms with Crippen molar-refractivity contribution in [2.75, 3.05) is 13.2 Å². The fourth-order valence-corrected chi connectivity index (χ4v) is 2.17. The number of rotatable bonds is 7. The van der Waals surface area contributed by atoms with Crippen LogP contribution in [0.25, 0.3) is 0 Å². The summed E-state index contributed by atoms with van der Waals surface area (Å²) in [4.78, 5) is 0. The second-order valence-electron chi connectivity index (χ2n) is 5.45. The van der Waals surface area contributed by atoms with E-state index in [1.165, 1.54) is 5.56 Å². The molecule has 2 aromatic rings. The van der Waals surface area contributed by atoms with E-state index in [4.69, 9.17) is 9.47 Å². The van der Waals surface area contributed by atoms with Gasteiger partial charge in [0, 0.05) is 13.0 Å². The zero-order valence-electron chi connectivity index (χ0n) is 13.5. The van der Waals surface area contributed by atoms with Crippen molar-refractivity contribution in [3.63, 3.8) is 0 Å². The summed E-state index contributed by atoms with van der Waals surface area (Å²) in [6, 6.07) is 9.68. The second kappa shape index (κ2) is 7.69. The van der Waals surface area contributed by atoms with Crippen molar-refractivity contribution in [3.05, 3.63) is 47.8 Å². The summed E-state index contributed by atoms with van der Waals surface area (Å²) in [6.45, 7) is 5.21. The van der Waals surface area contributed by atoms with Gasteiger partial charge < -0.3 is 14.6 Å². The fraction of sp³-hybridized carbons (Fsp3) is 0.389. The summed E-state index contributed by atoms with van der Waals surface area (Å²) in [5, 5.41) is 9.83. The van der Waals surface area contributed by atoms with E-state index >= 15 is 0 Å². The van der Waals surface area contributed by atoms with E-state index in [0.717, 1.165) is 24.3 Å². The molecule has 4 nitrogen and oxygen atoms in total. The highest BCUT2D eigenvalue weighted by molar-refractivity contribution is 5.38. The molecule has 2 rings (SSSR count). The van der Waals surface area contributed by atoms with Crippen molar-refractivity contribution in [3.8, 4) is 17.2 Å². The first kappa shape index (κ1) is 16.1. The smallest absolute Gasteiger partial charge is 0.228 e. The SMILES string of the molecule is Cc1cccc(OCCCCOc2c(O)cc[n+](C)c2C)c1. The predicted octanol–water partition coefficient (Wildman–Crippen LogP) is 3.07. The highest BCUT2D eigenvalue weighted by atomic mass is 16.5. The van der Waals surface area contributed by atoms with Crippen molar-refractivity contribution in [1.29, 1.82) is 0 Å². The average Bonchev–Trinajstić information content (AvgIpc) is 2.50. The van der Waals surface area contributed by atoms with Gasteiger partial charge in [-0.1, -0.05) is 12.1 Å². The molecule has 0 unspecified atom stereocenters. The largest absolute Gasteiger partial charge is 0.504 e. The van der Waals surface area contributed by atoms with Crippen LogP contribution in [0.3, 0.4) is 0 Å². The number of benzene rings is 1. The maximum Gasteiger partial charge on any atom is 0.228 e. The van der Waals surface area contributed by atoms with Gasteiger partial charge in [0.2, 0.25) is 11.4 Å². The lowest BCUT2D eigenvalue weighted by atomic mass is 10.2. The van der Waals surface area contributed by atoms with Crippen molar-refractivity contribution in [1.82, 2.24) is 0 Å². The molecule has 4 heteroatoms. The van der Waals surface area contributed by atoms with Crippen LogP contribution in [-0.4, -0.2) is 18.3 Å². The molecule has 0 spiro atoms. The molecule has 0 saturated heterocycles. The molecule has 0 aliphatic heterocycles. The lowest BCUT2D eigenvalue weighted by Gasteiger charge is -2.10. The Morgan fingerprint density at radius 2 is 1.77 bits per heavy atom. The third kappa shape index (κ3) is 4.38. The molecule has 0 saturated carbocycles. The number of aromatic hydroxyl groups is 1. The first-order valence-electron chi connectivity index (χ1n) is 7.58. The van der Waals surface area contributed by atoms with E-state index in [-0.39, 0.29) is 5.75 Å². The maximum absolute atomic E-state index is 9.83. The van der Waals surface area contributed by atoms with Crippen LogP contribution in [-0.2, 0) is 7.05 Å². The van der Waals surface area contributed by atoms with E-state index in [9.17, 15) is 5.11 Å². The molecule has 22 heavy (non-hydrogen) atoms. The Morgan fingerprint density at radius 3 is 2.50 bits per heavy atom. The fourth-order valence-electron chi connectivity index (χ4n) is 2.17. The molecule has 0 fully saturated rings. The summed E-state index contributed by atoms with van der Waals surface area (Å²) in [7, 11) is 1.93. The van der Waals surface area contributed by atoms with Crippen LogP contribution < -0.4 is 14.0 Å². The van der Waals surface area contributed by atoms with Crippen molar-refractivity contribution < 1.29 is 19.1 Å². The molecule has 118 valence electrons. The minimum absolute atomic E-state index is 0.187. The minimum atomic E-state index is 0.187. The molecule has 0 radical (unpaired) electrons. The van der Waals surface area contributed by atoms with Crippen LogP contribution >= 0.6 is 0 Å². The molecule has 0 aliphatic carbocycles. The number of hydrogen-bond donors (Lipinski definition) is 1. The topological polar surface area (TPSA) is 42.6 Å². The third-order valence-electron chi connectivity index (χ3n) is 3.59.